The molecule has 1 aliphatic heterocycles. The highest BCUT2D eigenvalue weighted by Crippen LogP contribution is 2.33. The van der Waals surface area contributed by atoms with E-state index in [1.54, 1.807) is 7.11 Å². The second-order valence-corrected chi connectivity index (χ2v) is 6.60. The summed E-state index contributed by atoms with van der Waals surface area (Å²) in [6, 6.07) is 14.3. The van der Waals surface area contributed by atoms with Crippen molar-refractivity contribution in [1.29, 1.82) is 0 Å². The summed E-state index contributed by atoms with van der Waals surface area (Å²) in [5.74, 6) is 1.28. The van der Waals surface area contributed by atoms with Crippen LogP contribution in [-0.4, -0.2) is 31.1 Å². The second kappa shape index (κ2) is 7.60. The molecule has 1 unspecified atom stereocenters. The number of benzene rings is 2. The number of likely N-dealkylation sites (tertiary alicyclic amines) is 1. The Labute approximate surface area is 149 Å². The van der Waals surface area contributed by atoms with Crippen LogP contribution < -0.4 is 9.47 Å². The zero-order chi connectivity index (χ0) is 17.8. The highest BCUT2D eigenvalue weighted by molar-refractivity contribution is 5.78. The molecular weight excluding hydrogens is 314 g/mol. The van der Waals surface area contributed by atoms with E-state index < -0.39 is 0 Å². The van der Waals surface area contributed by atoms with Crippen LogP contribution in [0.1, 0.15) is 35.6 Å². The Balaban J connectivity index is 1.67. The van der Waals surface area contributed by atoms with Crippen molar-refractivity contribution in [3.05, 3.63) is 59.2 Å². The number of carbonyl (C=O) groups excluding carboxylic acids is 1. The third-order valence-corrected chi connectivity index (χ3v) is 4.71. The van der Waals surface area contributed by atoms with Crippen LogP contribution in [0.2, 0.25) is 0 Å². The van der Waals surface area contributed by atoms with Crippen molar-refractivity contribution in [3.8, 4) is 11.5 Å². The molecule has 0 N–H and O–H groups in total. The maximum absolute atomic E-state index is 12.7. The summed E-state index contributed by atoms with van der Waals surface area (Å²) in [5.41, 5.74) is 3.52. The molecule has 0 bridgehead atoms. The molecule has 1 atom stereocenters. The van der Waals surface area contributed by atoms with Crippen LogP contribution in [0.3, 0.4) is 0 Å². The summed E-state index contributed by atoms with van der Waals surface area (Å²) in [5, 5.41) is 0. The molecule has 3 rings (SSSR count). The van der Waals surface area contributed by atoms with Gasteiger partial charge in [0, 0.05) is 6.54 Å². The number of nitrogens with zero attached hydrogens (tertiary/aromatic N) is 1. The molecule has 4 nitrogen and oxygen atoms in total. The monoisotopic (exact) mass is 339 g/mol. The van der Waals surface area contributed by atoms with Gasteiger partial charge in [-0.15, -0.1) is 0 Å². The van der Waals surface area contributed by atoms with Gasteiger partial charge < -0.3 is 14.4 Å². The summed E-state index contributed by atoms with van der Waals surface area (Å²) in [6.07, 6.45) is 2.03. The predicted molar refractivity (Wildman–Crippen MR) is 98.1 cm³/mol. The summed E-state index contributed by atoms with van der Waals surface area (Å²) in [6.45, 7) is 4.88. The quantitative estimate of drug-likeness (QED) is 0.825. The van der Waals surface area contributed by atoms with Crippen molar-refractivity contribution in [1.82, 2.24) is 4.90 Å². The highest BCUT2D eigenvalue weighted by atomic mass is 16.5. The number of ether oxygens (including phenoxy) is 2. The van der Waals surface area contributed by atoms with Gasteiger partial charge in [-0.05, 0) is 49.9 Å². The Morgan fingerprint density at radius 1 is 1.08 bits per heavy atom. The third kappa shape index (κ3) is 3.95. The van der Waals surface area contributed by atoms with E-state index in [1.165, 1.54) is 11.1 Å². The standard InChI is InChI=1S/C21H25NO3/c1-15-6-9-17(10-7-15)18-5-4-12-22(18)21(23)14-25-19-11-8-16(2)13-20(19)24-3/h6-11,13,18H,4-5,12,14H2,1-3H3. The maximum atomic E-state index is 12.7. The van der Waals surface area contributed by atoms with Gasteiger partial charge >= 0.3 is 0 Å². The van der Waals surface area contributed by atoms with Crippen LogP contribution >= 0.6 is 0 Å². The van der Waals surface area contributed by atoms with Gasteiger partial charge in [0.1, 0.15) is 0 Å². The van der Waals surface area contributed by atoms with Crippen LogP contribution in [-0.2, 0) is 4.79 Å². The molecule has 0 spiro atoms. The molecule has 0 aliphatic carbocycles. The zero-order valence-corrected chi connectivity index (χ0v) is 15.1. The van der Waals surface area contributed by atoms with Crippen molar-refractivity contribution >= 4 is 5.91 Å². The van der Waals surface area contributed by atoms with Gasteiger partial charge in [-0.2, -0.15) is 0 Å². The third-order valence-electron chi connectivity index (χ3n) is 4.71. The number of amides is 1. The SMILES string of the molecule is COc1cc(C)ccc1OCC(=O)N1CCCC1c1ccc(C)cc1. The molecule has 1 fully saturated rings. The first-order valence-electron chi connectivity index (χ1n) is 8.72. The van der Waals surface area contributed by atoms with E-state index in [0.29, 0.717) is 11.5 Å². The highest BCUT2D eigenvalue weighted by Gasteiger charge is 2.30. The lowest BCUT2D eigenvalue weighted by atomic mass is 10.0. The molecule has 2 aromatic carbocycles. The minimum Gasteiger partial charge on any atom is -0.493 e. The number of methoxy groups -OCH3 is 1. The molecule has 132 valence electrons. The van der Waals surface area contributed by atoms with Crippen molar-refractivity contribution in [2.75, 3.05) is 20.3 Å². The predicted octanol–water partition coefficient (Wildman–Crippen LogP) is 4.05. The minimum atomic E-state index is 0.0192. The molecule has 2 aromatic rings. The van der Waals surface area contributed by atoms with Crippen molar-refractivity contribution in [2.45, 2.75) is 32.7 Å². The molecule has 0 saturated carbocycles. The van der Waals surface area contributed by atoms with Crippen LogP contribution in [0.15, 0.2) is 42.5 Å². The molecule has 1 aliphatic rings. The van der Waals surface area contributed by atoms with E-state index in [0.717, 1.165) is 24.9 Å². The molecule has 1 heterocycles. The van der Waals surface area contributed by atoms with Crippen LogP contribution in [0.4, 0.5) is 0 Å². The zero-order valence-electron chi connectivity index (χ0n) is 15.1. The van der Waals surface area contributed by atoms with Crippen molar-refractivity contribution in [3.63, 3.8) is 0 Å². The van der Waals surface area contributed by atoms with Gasteiger partial charge in [0.15, 0.2) is 18.1 Å². The fourth-order valence-electron chi connectivity index (χ4n) is 3.32. The van der Waals surface area contributed by atoms with Gasteiger partial charge in [0.2, 0.25) is 0 Å². The largest absolute Gasteiger partial charge is 0.493 e. The smallest absolute Gasteiger partial charge is 0.261 e. The van der Waals surface area contributed by atoms with Gasteiger partial charge in [-0.1, -0.05) is 35.9 Å². The van der Waals surface area contributed by atoms with E-state index in [2.05, 4.69) is 31.2 Å². The molecule has 0 aromatic heterocycles. The number of carbonyl (C=O) groups is 1. The summed E-state index contributed by atoms with van der Waals surface area (Å²) < 4.78 is 11.1. The summed E-state index contributed by atoms with van der Waals surface area (Å²) in [4.78, 5) is 14.6. The van der Waals surface area contributed by atoms with Crippen LogP contribution in [0.25, 0.3) is 0 Å². The van der Waals surface area contributed by atoms with Gasteiger partial charge in [-0.3, -0.25) is 4.79 Å². The first-order valence-corrected chi connectivity index (χ1v) is 8.72. The molecule has 4 heteroatoms. The average Bonchev–Trinajstić information content (AvgIpc) is 3.10. The number of hydrogen-bond acceptors (Lipinski definition) is 3. The first kappa shape index (κ1) is 17.3. The van der Waals surface area contributed by atoms with E-state index in [9.17, 15) is 4.79 Å². The lowest BCUT2D eigenvalue weighted by Crippen LogP contribution is -2.34. The topological polar surface area (TPSA) is 38.8 Å². The average molecular weight is 339 g/mol. The molecule has 25 heavy (non-hydrogen) atoms. The second-order valence-electron chi connectivity index (χ2n) is 6.60. The van der Waals surface area contributed by atoms with Crippen LogP contribution in [0.5, 0.6) is 11.5 Å². The summed E-state index contributed by atoms with van der Waals surface area (Å²) >= 11 is 0. The summed E-state index contributed by atoms with van der Waals surface area (Å²) in [7, 11) is 1.61. The lowest BCUT2D eigenvalue weighted by Gasteiger charge is -2.25. The maximum Gasteiger partial charge on any atom is 0.261 e. The van der Waals surface area contributed by atoms with Gasteiger partial charge in [-0.25, -0.2) is 0 Å². The van der Waals surface area contributed by atoms with E-state index in [-0.39, 0.29) is 18.6 Å². The Bertz CT molecular complexity index is 739. The van der Waals surface area contributed by atoms with Crippen molar-refractivity contribution < 1.29 is 14.3 Å². The van der Waals surface area contributed by atoms with E-state index in [1.807, 2.05) is 30.0 Å². The Morgan fingerprint density at radius 2 is 1.80 bits per heavy atom. The molecule has 1 saturated heterocycles. The Morgan fingerprint density at radius 3 is 2.52 bits per heavy atom. The normalized spacial score (nSPS) is 16.8. The first-order chi connectivity index (χ1) is 12.1. The molecular formula is C21H25NO3. The Kier molecular flexibility index (Phi) is 5.27. The minimum absolute atomic E-state index is 0.0192. The number of rotatable bonds is 5. The number of hydrogen-bond donors (Lipinski definition) is 0. The fourth-order valence-corrected chi connectivity index (χ4v) is 3.32. The van der Waals surface area contributed by atoms with Crippen LogP contribution in [0, 0.1) is 13.8 Å². The lowest BCUT2D eigenvalue weighted by molar-refractivity contribution is -0.134. The fraction of sp³-hybridized carbons (Fsp3) is 0.381. The Hall–Kier alpha value is -2.49. The van der Waals surface area contributed by atoms with Gasteiger partial charge in [0.05, 0.1) is 13.2 Å². The molecule has 0 radical (unpaired) electrons. The van der Waals surface area contributed by atoms with E-state index >= 15 is 0 Å². The van der Waals surface area contributed by atoms with Gasteiger partial charge in [0.25, 0.3) is 5.91 Å². The number of aryl methyl sites for hydroxylation is 2. The molecule has 1 amide bonds. The van der Waals surface area contributed by atoms with Crippen molar-refractivity contribution in [2.24, 2.45) is 0 Å². The van der Waals surface area contributed by atoms with E-state index in [4.69, 9.17) is 9.47 Å².